The van der Waals surface area contributed by atoms with Gasteiger partial charge in [-0.05, 0) is 12.5 Å². The van der Waals surface area contributed by atoms with Crippen LogP contribution in [0.1, 0.15) is 18.9 Å². The molecule has 1 aromatic carbocycles. The van der Waals surface area contributed by atoms with E-state index in [4.69, 9.17) is 10.2 Å². The van der Waals surface area contributed by atoms with Crippen molar-refractivity contribution in [2.75, 3.05) is 14.1 Å². The van der Waals surface area contributed by atoms with Crippen LogP contribution in [0.4, 0.5) is 0 Å². The minimum atomic E-state index is -1.45. The van der Waals surface area contributed by atoms with E-state index in [2.05, 4.69) is 100.0 Å². The molecular formula is C19H36N4Si2. The molecule has 4 nitrogen and oxygen atoms in total. The monoisotopic (exact) mass is 376 g/mol. The van der Waals surface area contributed by atoms with E-state index in [0.29, 0.717) is 0 Å². The number of benzene rings is 1. The van der Waals surface area contributed by atoms with Gasteiger partial charge < -0.3 is 9.35 Å². The molecular weight excluding hydrogens is 340 g/mol. The third kappa shape index (κ3) is 8.01. The third-order valence-electron chi connectivity index (χ3n) is 4.26. The minimum Gasteiger partial charge on any atom is -0.328 e. The Balaban J connectivity index is 3.02. The van der Waals surface area contributed by atoms with Crippen molar-refractivity contribution in [2.24, 2.45) is 10.2 Å². The minimum absolute atomic E-state index is 0.818. The molecule has 0 saturated heterocycles. The van der Waals surface area contributed by atoms with E-state index in [-0.39, 0.29) is 0 Å². The van der Waals surface area contributed by atoms with Crippen LogP contribution in [-0.4, -0.2) is 51.3 Å². The normalized spacial score (nSPS) is 13.8. The quantitative estimate of drug-likeness (QED) is 0.368. The summed E-state index contributed by atoms with van der Waals surface area (Å²) in [6, 6.07) is 10.6. The number of rotatable bonds is 8. The van der Waals surface area contributed by atoms with Crippen molar-refractivity contribution in [2.45, 2.75) is 59.0 Å². The third-order valence-corrected chi connectivity index (χ3v) is 8.35. The van der Waals surface area contributed by atoms with Gasteiger partial charge in [-0.3, -0.25) is 0 Å². The van der Waals surface area contributed by atoms with Crippen molar-refractivity contribution in [1.29, 1.82) is 0 Å². The smallest absolute Gasteiger partial charge is 0.168 e. The van der Waals surface area contributed by atoms with E-state index < -0.39 is 16.5 Å². The summed E-state index contributed by atoms with van der Waals surface area (Å²) >= 11 is 0. The van der Waals surface area contributed by atoms with Crippen molar-refractivity contribution < 1.29 is 0 Å². The van der Waals surface area contributed by atoms with Gasteiger partial charge in [0.25, 0.3) is 0 Å². The fourth-order valence-corrected chi connectivity index (χ4v) is 2.98. The zero-order valence-corrected chi connectivity index (χ0v) is 19.6. The summed E-state index contributed by atoms with van der Waals surface area (Å²) in [5, 5.41) is 9.80. The van der Waals surface area contributed by atoms with E-state index in [1.54, 1.807) is 0 Å². The van der Waals surface area contributed by atoms with Crippen LogP contribution in [0.3, 0.4) is 0 Å². The molecule has 0 radical (unpaired) electrons. The highest BCUT2D eigenvalue weighted by atomic mass is 28.3. The molecule has 140 valence electrons. The predicted octanol–water partition coefficient (Wildman–Crippen LogP) is 4.88. The molecule has 25 heavy (non-hydrogen) atoms. The summed E-state index contributed by atoms with van der Waals surface area (Å²) < 4.78 is 4.37. The van der Waals surface area contributed by atoms with Crippen LogP contribution in [0.25, 0.3) is 0 Å². The number of hydrogen-bond donors (Lipinski definition) is 0. The Labute approximate surface area is 156 Å². The molecule has 1 aromatic rings. The molecule has 1 rings (SSSR count). The Morgan fingerprint density at radius 1 is 0.840 bits per heavy atom. The van der Waals surface area contributed by atoms with Crippen LogP contribution in [-0.2, 0) is 6.42 Å². The Bertz CT molecular complexity index is 598. The Kier molecular flexibility index (Phi) is 7.62. The Morgan fingerprint density at radius 3 is 1.80 bits per heavy atom. The topological polar surface area (TPSA) is 31.2 Å². The Morgan fingerprint density at radius 2 is 1.32 bits per heavy atom. The van der Waals surface area contributed by atoms with E-state index in [0.717, 1.165) is 18.6 Å². The van der Waals surface area contributed by atoms with Gasteiger partial charge in [-0.1, -0.05) is 69.6 Å². The lowest BCUT2D eigenvalue weighted by Crippen LogP contribution is -2.40. The first-order chi connectivity index (χ1) is 11.4. The molecule has 0 aliphatic heterocycles. The second-order valence-electron chi connectivity index (χ2n) is 8.73. The van der Waals surface area contributed by atoms with Gasteiger partial charge in [0.15, 0.2) is 16.5 Å². The fraction of sp³-hybridized carbons (Fsp3) is 0.579. The molecule has 0 N–H and O–H groups in total. The van der Waals surface area contributed by atoms with Crippen LogP contribution in [0.15, 0.2) is 40.5 Å². The lowest BCUT2D eigenvalue weighted by atomic mass is 10.0. The van der Waals surface area contributed by atoms with Gasteiger partial charge in [-0.15, -0.1) is 0 Å². The van der Waals surface area contributed by atoms with E-state index >= 15 is 0 Å². The Hall–Kier alpha value is -1.41. The van der Waals surface area contributed by atoms with Gasteiger partial charge in [0.1, 0.15) is 0 Å². The van der Waals surface area contributed by atoms with Gasteiger partial charge in [-0.25, -0.2) is 0 Å². The van der Waals surface area contributed by atoms with E-state index in [1.807, 2.05) is 0 Å². The first-order valence-electron chi connectivity index (χ1n) is 9.01. The molecule has 0 unspecified atom stereocenters. The van der Waals surface area contributed by atoms with E-state index in [1.165, 1.54) is 11.3 Å². The zero-order chi connectivity index (χ0) is 19.3. The summed E-state index contributed by atoms with van der Waals surface area (Å²) in [6.07, 6.45) is 1.69. The molecule has 0 amide bonds. The van der Waals surface area contributed by atoms with Crippen LogP contribution >= 0.6 is 0 Å². The first kappa shape index (κ1) is 21.6. The lowest BCUT2D eigenvalue weighted by molar-refractivity contribution is 0.542. The number of hydrogen-bond acceptors (Lipinski definition) is 4. The van der Waals surface area contributed by atoms with Crippen molar-refractivity contribution in [1.82, 2.24) is 9.35 Å². The molecule has 0 atom stereocenters. The van der Waals surface area contributed by atoms with Gasteiger partial charge >= 0.3 is 0 Å². The fourth-order valence-electron chi connectivity index (χ4n) is 2.06. The molecule has 0 fully saturated rings. The van der Waals surface area contributed by atoms with Gasteiger partial charge in [0, 0.05) is 38.4 Å². The predicted molar refractivity (Wildman–Crippen MR) is 118 cm³/mol. The molecule has 0 aliphatic carbocycles. The summed E-state index contributed by atoms with van der Waals surface area (Å²) in [7, 11) is 1.34. The van der Waals surface area contributed by atoms with Gasteiger partial charge in [0.05, 0.1) is 0 Å². The maximum atomic E-state index is 4.98. The van der Waals surface area contributed by atoms with Crippen LogP contribution < -0.4 is 0 Å². The highest BCUT2D eigenvalue weighted by Crippen LogP contribution is 2.12. The molecule has 0 spiro atoms. The second-order valence-corrected chi connectivity index (χ2v) is 18.7. The molecule has 0 heterocycles. The van der Waals surface area contributed by atoms with Crippen molar-refractivity contribution in [3.8, 4) is 0 Å². The first-order valence-corrected chi connectivity index (χ1v) is 15.9. The summed E-state index contributed by atoms with van der Waals surface area (Å²) in [4.78, 5) is 0. The van der Waals surface area contributed by atoms with Crippen LogP contribution in [0.5, 0.6) is 0 Å². The SMILES string of the molecule is CC(CC(Cc1ccccc1)=NN(C)[Si](C)(C)C)=NN(C)[Si](C)(C)C. The largest absolute Gasteiger partial charge is 0.328 e. The number of nitrogens with zero attached hydrogens (tertiary/aromatic N) is 4. The number of hydrazone groups is 2. The van der Waals surface area contributed by atoms with Crippen molar-refractivity contribution >= 4 is 27.9 Å². The van der Waals surface area contributed by atoms with Crippen molar-refractivity contribution in [3.63, 3.8) is 0 Å². The van der Waals surface area contributed by atoms with Crippen LogP contribution in [0.2, 0.25) is 39.3 Å². The molecule has 0 aromatic heterocycles. The summed E-state index contributed by atoms with van der Waals surface area (Å²) in [5.74, 6) is 0. The maximum absolute atomic E-state index is 4.98. The average molecular weight is 377 g/mol. The molecule has 0 saturated carbocycles. The van der Waals surface area contributed by atoms with Gasteiger partial charge in [0.2, 0.25) is 0 Å². The summed E-state index contributed by atoms with van der Waals surface area (Å²) in [6.45, 7) is 16.0. The molecule has 0 bridgehead atoms. The maximum Gasteiger partial charge on any atom is 0.168 e. The lowest BCUT2D eigenvalue weighted by Gasteiger charge is -2.29. The average Bonchev–Trinajstić information content (AvgIpc) is 2.45. The van der Waals surface area contributed by atoms with Gasteiger partial charge in [-0.2, -0.15) is 10.2 Å². The molecule has 0 aliphatic rings. The molecule has 6 heteroatoms. The van der Waals surface area contributed by atoms with Crippen LogP contribution in [0, 0.1) is 0 Å². The zero-order valence-electron chi connectivity index (χ0n) is 17.6. The highest BCUT2D eigenvalue weighted by Gasteiger charge is 2.21. The summed E-state index contributed by atoms with van der Waals surface area (Å²) in [5.41, 5.74) is 3.61. The standard InChI is InChI=1S/C19H36N4Si2/c1-17(20-22(2)24(4,5)6)15-19(21-23(3)25(7,8)9)16-18-13-11-10-12-14-18/h10-14H,15-16H2,1-9H3. The highest BCUT2D eigenvalue weighted by molar-refractivity contribution is 6.73. The second kappa shape index (κ2) is 8.80. The van der Waals surface area contributed by atoms with Crippen molar-refractivity contribution in [3.05, 3.63) is 35.9 Å². The van der Waals surface area contributed by atoms with E-state index in [9.17, 15) is 0 Å².